The second-order valence-corrected chi connectivity index (χ2v) is 6.40. The lowest BCUT2D eigenvalue weighted by Gasteiger charge is -2.28. The maximum Gasteiger partial charge on any atom is 0.231 e. The number of anilines is 1. The van der Waals surface area contributed by atoms with Crippen LogP contribution in [-0.2, 0) is 19.6 Å². The molecule has 0 atom stereocenters. The SMILES string of the molecule is CCn1ncnc1N1Cc2ccc(F)cc2Oc2cc3c(cc2C1)OCO3. The molecule has 0 saturated heterocycles. The van der Waals surface area contributed by atoms with Crippen LogP contribution in [-0.4, -0.2) is 21.6 Å². The fraction of sp³-hybridized carbons (Fsp3) is 0.263. The summed E-state index contributed by atoms with van der Waals surface area (Å²) < 4.78 is 32.7. The van der Waals surface area contributed by atoms with E-state index in [1.165, 1.54) is 12.1 Å². The molecule has 0 bridgehead atoms. The molecule has 7 nitrogen and oxygen atoms in total. The average molecular weight is 368 g/mol. The molecule has 0 radical (unpaired) electrons. The lowest BCUT2D eigenvalue weighted by Crippen LogP contribution is -2.27. The van der Waals surface area contributed by atoms with E-state index >= 15 is 0 Å². The number of benzene rings is 2. The number of rotatable bonds is 2. The second-order valence-electron chi connectivity index (χ2n) is 6.40. The van der Waals surface area contributed by atoms with Gasteiger partial charge in [0.2, 0.25) is 12.7 Å². The molecule has 0 unspecified atom stereocenters. The molecule has 8 heteroatoms. The lowest BCUT2D eigenvalue weighted by molar-refractivity contribution is 0.174. The summed E-state index contributed by atoms with van der Waals surface area (Å²) in [6.07, 6.45) is 1.54. The van der Waals surface area contributed by atoms with Crippen molar-refractivity contribution in [1.82, 2.24) is 14.8 Å². The molecule has 0 aliphatic carbocycles. The first kappa shape index (κ1) is 15.9. The number of nitrogens with zero attached hydrogens (tertiary/aromatic N) is 4. The van der Waals surface area contributed by atoms with Crippen LogP contribution in [0.15, 0.2) is 36.7 Å². The van der Waals surface area contributed by atoms with E-state index in [-0.39, 0.29) is 12.6 Å². The van der Waals surface area contributed by atoms with Gasteiger partial charge in [-0.25, -0.2) is 9.07 Å². The molecule has 138 valence electrons. The van der Waals surface area contributed by atoms with Gasteiger partial charge in [0.15, 0.2) is 11.5 Å². The zero-order valence-corrected chi connectivity index (χ0v) is 14.7. The number of aryl methyl sites for hydroxylation is 1. The fourth-order valence-electron chi connectivity index (χ4n) is 3.39. The Morgan fingerprint density at radius 2 is 1.78 bits per heavy atom. The molecule has 0 saturated carbocycles. The fourth-order valence-corrected chi connectivity index (χ4v) is 3.39. The molecule has 3 aromatic rings. The third-order valence-electron chi connectivity index (χ3n) is 4.70. The molecule has 2 aliphatic rings. The summed E-state index contributed by atoms with van der Waals surface area (Å²) in [5.41, 5.74) is 1.77. The number of hydrogen-bond acceptors (Lipinski definition) is 6. The van der Waals surface area contributed by atoms with E-state index in [9.17, 15) is 4.39 Å². The normalized spacial score (nSPS) is 14.8. The van der Waals surface area contributed by atoms with Crippen LogP contribution in [0.5, 0.6) is 23.0 Å². The van der Waals surface area contributed by atoms with Crippen molar-refractivity contribution in [1.29, 1.82) is 0 Å². The molecule has 1 aromatic heterocycles. The van der Waals surface area contributed by atoms with Gasteiger partial charge in [-0.15, -0.1) is 0 Å². The maximum atomic E-state index is 13.8. The van der Waals surface area contributed by atoms with Crippen LogP contribution in [0.1, 0.15) is 18.1 Å². The summed E-state index contributed by atoms with van der Waals surface area (Å²) in [5, 5.41) is 4.28. The van der Waals surface area contributed by atoms with Gasteiger partial charge in [0, 0.05) is 36.3 Å². The van der Waals surface area contributed by atoms with Crippen molar-refractivity contribution in [2.75, 3.05) is 11.7 Å². The third-order valence-corrected chi connectivity index (χ3v) is 4.70. The Hall–Kier alpha value is -3.29. The Morgan fingerprint density at radius 1 is 1.00 bits per heavy atom. The Balaban J connectivity index is 1.66. The first-order valence-corrected chi connectivity index (χ1v) is 8.73. The quantitative estimate of drug-likeness (QED) is 0.690. The average Bonchev–Trinajstić information content (AvgIpc) is 3.30. The molecule has 0 N–H and O–H groups in total. The number of hydrogen-bond donors (Lipinski definition) is 0. The topological polar surface area (TPSA) is 61.6 Å². The summed E-state index contributed by atoms with van der Waals surface area (Å²) >= 11 is 0. The van der Waals surface area contributed by atoms with Gasteiger partial charge in [0.1, 0.15) is 23.6 Å². The Morgan fingerprint density at radius 3 is 2.63 bits per heavy atom. The Bertz CT molecular complexity index is 1020. The molecule has 2 aromatic carbocycles. The van der Waals surface area contributed by atoms with Crippen LogP contribution in [0, 0.1) is 5.82 Å². The van der Waals surface area contributed by atoms with Crippen molar-refractivity contribution in [3.8, 4) is 23.0 Å². The minimum absolute atomic E-state index is 0.178. The summed E-state index contributed by atoms with van der Waals surface area (Å²) in [5.74, 6) is 2.78. The van der Waals surface area contributed by atoms with Crippen LogP contribution in [0.3, 0.4) is 0 Å². The summed E-state index contributed by atoms with van der Waals surface area (Å²) in [4.78, 5) is 6.52. The highest BCUT2D eigenvalue weighted by Crippen LogP contribution is 2.42. The van der Waals surface area contributed by atoms with Crippen LogP contribution >= 0.6 is 0 Å². The predicted octanol–water partition coefficient (Wildman–Crippen LogP) is 3.48. The highest BCUT2D eigenvalue weighted by atomic mass is 19.1. The van der Waals surface area contributed by atoms with Gasteiger partial charge in [-0.3, -0.25) is 0 Å². The molecular weight excluding hydrogens is 351 g/mol. The predicted molar refractivity (Wildman–Crippen MR) is 94.6 cm³/mol. The smallest absolute Gasteiger partial charge is 0.231 e. The second kappa shape index (κ2) is 6.15. The molecule has 0 amide bonds. The molecule has 0 fully saturated rings. The van der Waals surface area contributed by atoms with Crippen molar-refractivity contribution in [2.45, 2.75) is 26.6 Å². The van der Waals surface area contributed by atoms with E-state index in [0.29, 0.717) is 42.6 Å². The van der Waals surface area contributed by atoms with Crippen molar-refractivity contribution in [3.05, 3.63) is 53.6 Å². The van der Waals surface area contributed by atoms with Gasteiger partial charge in [-0.1, -0.05) is 6.07 Å². The highest BCUT2D eigenvalue weighted by molar-refractivity contribution is 5.56. The first-order valence-electron chi connectivity index (χ1n) is 8.73. The van der Waals surface area contributed by atoms with Crippen molar-refractivity contribution in [3.63, 3.8) is 0 Å². The maximum absolute atomic E-state index is 13.8. The van der Waals surface area contributed by atoms with Crippen LogP contribution in [0.4, 0.5) is 10.3 Å². The molecule has 5 rings (SSSR count). The van der Waals surface area contributed by atoms with Crippen LogP contribution < -0.4 is 19.1 Å². The van der Waals surface area contributed by atoms with Crippen LogP contribution in [0.25, 0.3) is 0 Å². The standard InChI is InChI=1S/C19H17FN4O3/c1-2-24-19(21-10-22-24)23-8-12-3-4-14(20)6-15(12)27-16-7-18-17(25-11-26-18)5-13(16)9-23/h3-7,10H,2,8-9,11H2,1H3. The van der Waals surface area contributed by atoms with Gasteiger partial charge in [0.25, 0.3) is 0 Å². The lowest BCUT2D eigenvalue weighted by atomic mass is 10.1. The number of fused-ring (bicyclic) bond motifs is 3. The Labute approximate surface area is 154 Å². The van der Waals surface area contributed by atoms with E-state index in [1.54, 1.807) is 18.5 Å². The molecule has 27 heavy (non-hydrogen) atoms. The Kier molecular flexibility index (Phi) is 3.63. The van der Waals surface area contributed by atoms with Gasteiger partial charge in [-0.05, 0) is 19.1 Å². The van der Waals surface area contributed by atoms with E-state index in [1.807, 2.05) is 17.7 Å². The highest BCUT2D eigenvalue weighted by Gasteiger charge is 2.25. The molecule has 3 heterocycles. The summed E-state index contributed by atoms with van der Waals surface area (Å²) in [7, 11) is 0. The third kappa shape index (κ3) is 2.73. The number of aromatic nitrogens is 3. The number of ether oxygens (including phenoxy) is 3. The van der Waals surface area contributed by atoms with Crippen molar-refractivity contribution in [2.24, 2.45) is 0 Å². The van der Waals surface area contributed by atoms with Gasteiger partial charge >= 0.3 is 0 Å². The minimum atomic E-state index is -0.347. The monoisotopic (exact) mass is 368 g/mol. The van der Waals surface area contributed by atoms with Gasteiger partial charge in [-0.2, -0.15) is 10.1 Å². The van der Waals surface area contributed by atoms with Crippen LogP contribution in [0.2, 0.25) is 0 Å². The largest absolute Gasteiger partial charge is 0.456 e. The van der Waals surface area contributed by atoms with E-state index in [2.05, 4.69) is 15.0 Å². The minimum Gasteiger partial charge on any atom is -0.456 e. The first-order chi connectivity index (χ1) is 13.2. The van der Waals surface area contributed by atoms with E-state index in [4.69, 9.17) is 14.2 Å². The summed E-state index contributed by atoms with van der Waals surface area (Å²) in [6, 6.07) is 8.27. The molecular formula is C19H17FN4O3. The van der Waals surface area contributed by atoms with Crippen molar-refractivity contribution >= 4 is 5.95 Å². The van der Waals surface area contributed by atoms with E-state index in [0.717, 1.165) is 17.1 Å². The van der Waals surface area contributed by atoms with E-state index < -0.39 is 0 Å². The van der Waals surface area contributed by atoms with Gasteiger partial charge < -0.3 is 19.1 Å². The van der Waals surface area contributed by atoms with Gasteiger partial charge in [0.05, 0.1) is 6.54 Å². The summed E-state index contributed by atoms with van der Waals surface area (Å²) in [6.45, 7) is 3.95. The zero-order chi connectivity index (χ0) is 18.4. The number of halogens is 1. The zero-order valence-electron chi connectivity index (χ0n) is 14.7. The molecule has 0 spiro atoms. The molecule has 2 aliphatic heterocycles. The van der Waals surface area contributed by atoms with Crippen molar-refractivity contribution < 1.29 is 18.6 Å².